The average Bonchev–Trinajstić information content (AvgIpc) is 2.76. The lowest BCUT2D eigenvalue weighted by Gasteiger charge is -2.29. The van der Waals surface area contributed by atoms with Crippen LogP contribution in [0.5, 0.6) is 5.75 Å². The zero-order chi connectivity index (χ0) is 12.5. The standard InChI is InChI=1S/C15H22N2O/c16-14-6-3-5-11-8-17(10-13(11)14)9-12-4-1-2-7-15(12)18/h1-2,4,7,11,13-14,18H,3,5-6,8-10,16H2. The van der Waals surface area contributed by atoms with Gasteiger partial charge in [-0.05, 0) is 30.7 Å². The third-order valence-corrected chi connectivity index (χ3v) is 4.62. The van der Waals surface area contributed by atoms with Gasteiger partial charge in [0, 0.05) is 31.2 Å². The van der Waals surface area contributed by atoms with Crippen LogP contribution in [0.1, 0.15) is 24.8 Å². The maximum atomic E-state index is 9.83. The predicted octanol–water partition coefficient (Wildman–Crippen LogP) is 1.95. The lowest BCUT2D eigenvalue weighted by molar-refractivity contribution is 0.259. The minimum absolute atomic E-state index is 0.387. The molecule has 1 aliphatic heterocycles. The largest absolute Gasteiger partial charge is 0.508 e. The molecular weight excluding hydrogens is 224 g/mol. The Labute approximate surface area is 109 Å². The van der Waals surface area contributed by atoms with E-state index in [1.54, 1.807) is 6.07 Å². The summed E-state index contributed by atoms with van der Waals surface area (Å²) in [5, 5.41) is 9.83. The van der Waals surface area contributed by atoms with E-state index in [1.807, 2.05) is 18.2 Å². The van der Waals surface area contributed by atoms with Gasteiger partial charge in [0.15, 0.2) is 0 Å². The smallest absolute Gasteiger partial charge is 0.120 e. The fourth-order valence-electron chi connectivity index (χ4n) is 3.62. The van der Waals surface area contributed by atoms with Crippen LogP contribution >= 0.6 is 0 Å². The molecule has 1 saturated heterocycles. The molecular formula is C15H22N2O. The van der Waals surface area contributed by atoms with Crippen molar-refractivity contribution in [2.24, 2.45) is 17.6 Å². The molecule has 0 spiro atoms. The van der Waals surface area contributed by atoms with E-state index in [-0.39, 0.29) is 0 Å². The number of phenols is 1. The highest BCUT2D eigenvalue weighted by Gasteiger charge is 2.38. The summed E-state index contributed by atoms with van der Waals surface area (Å²) in [6, 6.07) is 8.03. The summed E-state index contributed by atoms with van der Waals surface area (Å²) in [5.74, 6) is 1.86. The molecule has 2 fully saturated rings. The zero-order valence-electron chi connectivity index (χ0n) is 10.8. The topological polar surface area (TPSA) is 49.5 Å². The number of para-hydroxylation sites is 1. The van der Waals surface area contributed by atoms with Crippen LogP contribution in [0.4, 0.5) is 0 Å². The monoisotopic (exact) mass is 246 g/mol. The first-order chi connectivity index (χ1) is 8.74. The average molecular weight is 246 g/mol. The van der Waals surface area contributed by atoms with Crippen molar-refractivity contribution in [2.75, 3.05) is 13.1 Å². The van der Waals surface area contributed by atoms with Crippen molar-refractivity contribution in [1.82, 2.24) is 4.90 Å². The molecule has 0 aromatic heterocycles. The third kappa shape index (κ3) is 2.25. The fraction of sp³-hybridized carbons (Fsp3) is 0.600. The molecule has 3 atom stereocenters. The first-order valence-electron chi connectivity index (χ1n) is 6.99. The van der Waals surface area contributed by atoms with Gasteiger partial charge in [-0.25, -0.2) is 0 Å². The molecule has 0 amide bonds. The zero-order valence-corrected chi connectivity index (χ0v) is 10.8. The summed E-state index contributed by atoms with van der Waals surface area (Å²) in [6.45, 7) is 3.10. The van der Waals surface area contributed by atoms with E-state index in [9.17, 15) is 5.11 Å². The molecule has 3 nitrogen and oxygen atoms in total. The highest BCUT2D eigenvalue weighted by Crippen LogP contribution is 2.36. The lowest BCUT2D eigenvalue weighted by Crippen LogP contribution is -2.38. The van der Waals surface area contributed by atoms with Crippen molar-refractivity contribution in [3.8, 4) is 5.75 Å². The van der Waals surface area contributed by atoms with E-state index < -0.39 is 0 Å². The lowest BCUT2D eigenvalue weighted by atomic mass is 9.78. The molecule has 98 valence electrons. The summed E-state index contributed by atoms with van der Waals surface area (Å²) >= 11 is 0. The minimum atomic E-state index is 0.387. The summed E-state index contributed by atoms with van der Waals surface area (Å²) in [7, 11) is 0. The van der Waals surface area contributed by atoms with Crippen LogP contribution in [0.3, 0.4) is 0 Å². The first-order valence-corrected chi connectivity index (χ1v) is 6.99. The highest BCUT2D eigenvalue weighted by atomic mass is 16.3. The Morgan fingerprint density at radius 1 is 1.22 bits per heavy atom. The Hall–Kier alpha value is -1.06. The summed E-state index contributed by atoms with van der Waals surface area (Å²) < 4.78 is 0. The van der Waals surface area contributed by atoms with Crippen molar-refractivity contribution in [3.05, 3.63) is 29.8 Å². The van der Waals surface area contributed by atoms with E-state index in [4.69, 9.17) is 5.73 Å². The number of rotatable bonds is 2. The van der Waals surface area contributed by atoms with Gasteiger partial charge in [0.1, 0.15) is 5.75 Å². The number of fused-ring (bicyclic) bond motifs is 1. The van der Waals surface area contributed by atoms with Crippen molar-refractivity contribution in [2.45, 2.75) is 31.8 Å². The molecule has 1 saturated carbocycles. The Balaban J connectivity index is 1.67. The minimum Gasteiger partial charge on any atom is -0.508 e. The maximum absolute atomic E-state index is 9.83. The van der Waals surface area contributed by atoms with E-state index >= 15 is 0 Å². The van der Waals surface area contributed by atoms with Gasteiger partial charge in [-0.2, -0.15) is 0 Å². The van der Waals surface area contributed by atoms with E-state index in [1.165, 1.54) is 19.3 Å². The summed E-state index contributed by atoms with van der Waals surface area (Å²) in [4.78, 5) is 2.45. The predicted molar refractivity (Wildman–Crippen MR) is 72.2 cm³/mol. The second kappa shape index (κ2) is 4.90. The van der Waals surface area contributed by atoms with Gasteiger partial charge in [0.25, 0.3) is 0 Å². The maximum Gasteiger partial charge on any atom is 0.120 e. The molecule has 3 unspecified atom stereocenters. The Morgan fingerprint density at radius 3 is 2.83 bits per heavy atom. The molecule has 1 aromatic rings. The fourth-order valence-corrected chi connectivity index (χ4v) is 3.62. The van der Waals surface area contributed by atoms with Crippen LogP contribution in [0.25, 0.3) is 0 Å². The Kier molecular flexibility index (Phi) is 3.27. The van der Waals surface area contributed by atoms with Crippen LogP contribution in [-0.4, -0.2) is 29.1 Å². The molecule has 3 heteroatoms. The molecule has 18 heavy (non-hydrogen) atoms. The van der Waals surface area contributed by atoms with Gasteiger partial charge in [0.2, 0.25) is 0 Å². The number of benzene rings is 1. The third-order valence-electron chi connectivity index (χ3n) is 4.62. The SMILES string of the molecule is NC1CCCC2CN(Cc3ccccc3O)CC12. The van der Waals surface area contributed by atoms with Gasteiger partial charge in [-0.1, -0.05) is 24.6 Å². The molecule has 0 bridgehead atoms. The summed E-state index contributed by atoms with van der Waals surface area (Å²) in [5.41, 5.74) is 7.26. The number of likely N-dealkylation sites (tertiary alicyclic amines) is 1. The number of nitrogens with zero attached hydrogens (tertiary/aromatic N) is 1. The number of aromatic hydroxyl groups is 1. The van der Waals surface area contributed by atoms with Gasteiger partial charge in [-0.3, -0.25) is 4.90 Å². The van der Waals surface area contributed by atoms with Crippen molar-refractivity contribution in [3.63, 3.8) is 0 Å². The number of hydrogen-bond acceptors (Lipinski definition) is 3. The van der Waals surface area contributed by atoms with Crippen molar-refractivity contribution >= 4 is 0 Å². The van der Waals surface area contributed by atoms with Gasteiger partial charge >= 0.3 is 0 Å². The van der Waals surface area contributed by atoms with Crippen molar-refractivity contribution in [1.29, 1.82) is 0 Å². The molecule has 2 aliphatic rings. The number of nitrogens with two attached hydrogens (primary N) is 1. The van der Waals surface area contributed by atoms with E-state index in [0.29, 0.717) is 17.7 Å². The van der Waals surface area contributed by atoms with E-state index in [0.717, 1.165) is 31.1 Å². The quantitative estimate of drug-likeness (QED) is 0.838. The van der Waals surface area contributed by atoms with Crippen LogP contribution in [-0.2, 0) is 6.54 Å². The number of hydrogen-bond donors (Lipinski definition) is 2. The molecule has 3 N–H and O–H groups in total. The second-order valence-corrected chi connectivity index (χ2v) is 5.84. The molecule has 1 aromatic carbocycles. The van der Waals surface area contributed by atoms with Crippen LogP contribution in [0, 0.1) is 11.8 Å². The Bertz CT molecular complexity index is 421. The highest BCUT2D eigenvalue weighted by molar-refractivity contribution is 5.31. The number of phenolic OH excluding ortho intramolecular Hbond substituents is 1. The Morgan fingerprint density at radius 2 is 2.06 bits per heavy atom. The first kappa shape index (κ1) is 12.0. The van der Waals surface area contributed by atoms with Gasteiger partial charge in [-0.15, -0.1) is 0 Å². The molecule has 3 rings (SSSR count). The van der Waals surface area contributed by atoms with E-state index in [2.05, 4.69) is 4.90 Å². The normalized spacial score (nSPS) is 32.4. The van der Waals surface area contributed by atoms with Crippen LogP contribution < -0.4 is 5.73 Å². The molecule has 1 aliphatic carbocycles. The van der Waals surface area contributed by atoms with Crippen LogP contribution in [0.2, 0.25) is 0 Å². The van der Waals surface area contributed by atoms with Crippen LogP contribution in [0.15, 0.2) is 24.3 Å². The molecule has 1 heterocycles. The second-order valence-electron chi connectivity index (χ2n) is 5.84. The summed E-state index contributed by atoms with van der Waals surface area (Å²) in [6.07, 6.45) is 3.80. The van der Waals surface area contributed by atoms with Gasteiger partial charge < -0.3 is 10.8 Å². The van der Waals surface area contributed by atoms with Crippen molar-refractivity contribution < 1.29 is 5.11 Å². The van der Waals surface area contributed by atoms with Gasteiger partial charge in [0.05, 0.1) is 0 Å². The molecule has 0 radical (unpaired) electrons.